The Kier molecular flexibility index (Phi) is 2.46. The van der Waals surface area contributed by atoms with E-state index in [1.165, 1.54) is 0 Å². The van der Waals surface area contributed by atoms with E-state index in [1.54, 1.807) is 0 Å². The van der Waals surface area contributed by atoms with Crippen LogP contribution in [0.4, 0.5) is 5.69 Å². The molecule has 2 rings (SSSR count). The van der Waals surface area contributed by atoms with Crippen LogP contribution in [0.2, 0.25) is 5.02 Å². The molecule has 3 heteroatoms. The monoisotopic (exact) mass is 209 g/mol. The summed E-state index contributed by atoms with van der Waals surface area (Å²) < 4.78 is 0. The first-order valence-electron chi connectivity index (χ1n) is 4.68. The molecule has 0 saturated carbocycles. The van der Waals surface area contributed by atoms with E-state index in [1.807, 2.05) is 25.2 Å². The van der Waals surface area contributed by atoms with Crippen LogP contribution in [0.1, 0.15) is 17.9 Å². The molecule has 0 spiro atoms. The van der Waals surface area contributed by atoms with Gasteiger partial charge in [0.2, 0.25) is 0 Å². The Morgan fingerprint density at radius 3 is 3.07 bits per heavy atom. The SMILES string of the molecule is CN1CCC(C=O)c2cc(Cl)ccc21. The van der Waals surface area contributed by atoms with E-state index in [0.717, 1.165) is 30.5 Å². The number of hydrogen-bond donors (Lipinski definition) is 0. The third-order valence-corrected chi connectivity index (χ3v) is 2.98. The molecule has 1 aliphatic heterocycles. The average Bonchev–Trinajstić information content (AvgIpc) is 2.18. The van der Waals surface area contributed by atoms with Crippen molar-refractivity contribution in [3.8, 4) is 0 Å². The van der Waals surface area contributed by atoms with E-state index in [9.17, 15) is 4.79 Å². The lowest BCUT2D eigenvalue weighted by atomic mass is 9.91. The average molecular weight is 210 g/mol. The van der Waals surface area contributed by atoms with Gasteiger partial charge in [-0.05, 0) is 30.2 Å². The Balaban J connectivity index is 2.51. The second-order valence-corrected chi connectivity index (χ2v) is 4.09. The molecule has 74 valence electrons. The third kappa shape index (κ3) is 1.50. The molecule has 14 heavy (non-hydrogen) atoms. The number of halogens is 1. The highest BCUT2D eigenvalue weighted by molar-refractivity contribution is 6.30. The fourth-order valence-electron chi connectivity index (χ4n) is 1.92. The lowest BCUT2D eigenvalue weighted by Crippen LogP contribution is -2.27. The number of rotatable bonds is 1. The quantitative estimate of drug-likeness (QED) is 0.663. The van der Waals surface area contributed by atoms with Crippen LogP contribution in [0.15, 0.2) is 18.2 Å². The van der Waals surface area contributed by atoms with Crippen molar-refractivity contribution in [1.29, 1.82) is 0 Å². The topological polar surface area (TPSA) is 20.3 Å². The molecule has 0 amide bonds. The number of benzene rings is 1. The van der Waals surface area contributed by atoms with E-state index >= 15 is 0 Å². The van der Waals surface area contributed by atoms with Gasteiger partial charge in [0.15, 0.2) is 0 Å². The van der Waals surface area contributed by atoms with Gasteiger partial charge in [0.05, 0.1) is 0 Å². The molecular formula is C11H12ClNO. The van der Waals surface area contributed by atoms with E-state index in [4.69, 9.17) is 11.6 Å². The molecule has 0 bridgehead atoms. The number of carbonyl (C=O) groups excluding carboxylic acids is 1. The minimum atomic E-state index is 0.0138. The first kappa shape index (κ1) is 9.53. The maximum atomic E-state index is 10.9. The Morgan fingerprint density at radius 2 is 2.36 bits per heavy atom. The molecule has 1 aromatic rings. The molecule has 1 aliphatic rings. The molecule has 0 radical (unpaired) electrons. The van der Waals surface area contributed by atoms with E-state index in [-0.39, 0.29) is 5.92 Å². The molecule has 0 fully saturated rings. The second-order valence-electron chi connectivity index (χ2n) is 3.66. The first-order chi connectivity index (χ1) is 6.72. The molecule has 1 aromatic carbocycles. The largest absolute Gasteiger partial charge is 0.374 e. The van der Waals surface area contributed by atoms with Crippen LogP contribution in [0, 0.1) is 0 Å². The van der Waals surface area contributed by atoms with Crippen molar-refractivity contribution >= 4 is 23.6 Å². The van der Waals surface area contributed by atoms with Crippen molar-refractivity contribution in [2.24, 2.45) is 0 Å². The summed E-state index contributed by atoms with van der Waals surface area (Å²) in [5, 5.41) is 0.700. The summed E-state index contributed by atoms with van der Waals surface area (Å²) >= 11 is 5.91. The van der Waals surface area contributed by atoms with Crippen molar-refractivity contribution < 1.29 is 4.79 Å². The van der Waals surface area contributed by atoms with Gasteiger partial charge in [-0.1, -0.05) is 11.6 Å². The van der Waals surface area contributed by atoms with E-state index in [0.29, 0.717) is 5.02 Å². The standard InChI is InChI=1S/C11H12ClNO/c1-13-5-4-8(7-14)10-6-9(12)2-3-11(10)13/h2-3,6-8H,4-5H2,1H3. The van der Waals surface area contributed by atoms with Crippen LogP contribution in [0.25, 0.3) is 0 Å². The highest BCUT2D eigenvalue weighted by Crippen LogP contribution is 2.34. The molecule has 1 heterocycles. The fourth-order valence-corrected chi connectivity index (χ4v) is 2.10. The van der Waals surface area contributed by atoms with Gasteiger partial charge in [-0.15, -0.1) is 0 Å². The second kappa shape index (κ2) is 3.62. The number of carbonyl (C=O) groups is 1. The van der Waals surface area contributed by atoms with Crippen LogP contribution in [-0.2, 0) is 4.79 Å². The summed E-state index contributed by atoms with van der Waals surface area (Å²) in [7, 11) is 2.04. The fraction of sp³-hybridized carbons (Fsp3) is 0.364. The normalized spacial score (nSPS) is 20.4. The summed E-state index contributed by atoms with van der Waals surface area (Å²) in [6.07, 6.45) is 1.90. The van der Waals surface area contributed by atoms with Crippen molar-refractivity contribution in [3.05, 3.63) is 28.8 Å². The molecule has 0 aromatic heterocycles. The van der Waals surface area contributed by atoms with Crippen molar-refractivity contribution in [3.63, 3.8) is 0 Å². The summed E-state index contributed by atoms with van der Waals surface area (Å²) in [6.45, 7) is 0.929. The summed E-state index contributed by atoms with van der Waals surface area (Å²) in [6, 6.07) is 5.74. The van der Waals surface area contributed by atoms with Crippen LogP contribution in [0.3, 0.4) is 0 Å². The third-order valence-electron chi connectivity index (χ3n) is 2.74. The molecule has 0 N–H and O–H groups in total. The van der Waals surface area contributed by atoms with Gasteiger partial charge in [0.1, 0.15) is 6.29 Å². The molecule has 0 aliphatic carbocycles. The molecule has 0 saturated heterocycles. The minimum Gasteiger partial charge on any atom is -0.374 e. The zero-order chi connectivity index (χ0) is 10.1. The van der Waals surface area contributed by atoms with Crippen LogP contribution >= 0.6 is 11.6 Å². The van der Waals surface area contributed by atoms with Crippen molar-refractivity contribution in [2.45, 2.75) is 12.3 Å². The summed E-state index contributed by atoms with van der Waals surface area (Å²) in [5.41, 5.74) is 2.18. The molecule has 2 nitrogen and oxygen atoms in total. The van der Waals surface area contributed by atoms with E-state index in [2.05, 4.69) is 4.90 Å². The maximum Gasteiger partial charge on any atom is 0.127 e. The maximum absolute atomic E-state index is 10.9. The van der Waals surface area contributed by atoms with E-state index < -0.39 is 0 Å². The van der Waals surface area contributed by atoms with Gasteiger partial charge in [0, 0.05) is 30.2 Å². The Labute approximate surface area is 88.5 Å². The van der Waals surface area contributed by atoms with Gasteiger partial charge in [0.25, 0.3) is 0 Å². The first-order valence-corrected chi connectivity index (χ1v) is 5.06. The smallest absolute Gasteiger partial charge is 0.127 e. The molecular weight excluding hydrogens is 198 g/mol. The summed E-state index contributed by atoms with van der Waals surface area (Å²) in [4.78, 5) is 13.0. The van der Waals surface area contributed by atoms with Gasteiger partial charge in [-0.25, -0.2) is 0 Å². The zero-order valence-electron chi connectivity index (χ0n) is 8.03. The molecule has 1 unspecified atom stereocenters. The number of fused-ring (bicyclic) bond motifs is 1. The highest BCUT2D eigenvalue weighted by Gasteiger charge is 2.22. The van der Waals surface area contributed by atoms with Crippen LogP contribution in [-0.4, -0.2) is 19.9 Å². The number of nitrogens with zero attached hydrogens (tertiary/aromatic N) is 1. The lowest BCUT2D eigenvalue weighted by molar-refractivity contribution is -0.109. The number of hydrogen-bond acceptors (Lipinski definition) is 2. The zero-order valence-corrected chi connectivity index (χ0v) is 8.79. The predicted molar refractivity (Wildman–Crippen MR) is 58.1 cm³/mol. The van der Waals surface area contributed by atoms with Crippen LogP contribution in [0.5, 0.6) is 0 Å². The summed E-state index contributed by atoms with van der Waals surface area (Å²) in [5.74, 6) is 0.0138. The predicted octanol–water partition coefficient (Wildman–Crippen LogP) is 2.46. The van der Waals surface area contributed by atoms with Crippen molar-refractivity contribution in [2.75, 3.05) is 18.5 Å². The van der Waals surface area contributed by atoms with Gasteiger partial charge in [-0.2, -0.15) is 0 Å². The lowest BCUT2D eigenvalue weighted by Gasteiger charge is -2.30. The Hall–Kier alpha value is -1.02. The Morgan fingerprint density at radius 1 is 1.57 bits per heavy atom. The van der Waals surface area contributed by atoms with Gasteiger partial charge in [-0.3, -0.25) is 0 Å². The number of aldehydes is 1. The number of anilines is 1. The van der Waals surface area contributed by atoms with Crippen LogP contribution < -0.4 is 4.90 Å². The highest BCUT2D eigenvalue weighted by atomic mass is 35.5. The van der Waals surface area contributed by atoms with Gasteiger partial charge >= 0.3 is 0 Å². The van der Waals surface area contributed by atoms with Crippen molar-refractivity contribution in [1.82, 2.24) is 0 Å². The minimum absolute atomic E-state index is 0.0138. The molecule has 1 atom stereocenters. The Bertz CT molecular complexity index is 364. The van der Waals surface area contributed by atoms with Gasteiger partial charge < -0.3 is 9.69 Å².